The summed E-state index contributed by atoms with van der Waals surface area (Å²) >= 11 is 0. The lowest BCUT2D eigenvalue weighted by Gasteiger charge is -2.29. The Labute approximate surface area is 481 Å². The van der Waals surface area contributed by atoms with Gasteiger partial charge in [0.25, 0.3) is 0 Å². The monoisotopic (exact) mass is 1170 g/mol. The van der Waals surface area contributed by atoms with Crippen molar-refractivity contribution in [3.63, 3.8) is 0 Å². The van der Waals surface area contributed by atoms with Gasteiger partial charge in [-0.05, 0) is 61.4 Å². The summed E-state index contributed by atoms with van der Waals surface area (Å²) in [6, 6.07) is 0.983. The quantitative estimate of drug-likeness (QED) is 0.0115. The van der Waals surface area contributed by atoms with Gasteiger partial charge in [-0.25, -0.2) is 14.8 Å². The highest BCUT2D eigenvalue weighted by atomic mass is 16.4. The summed E-state index contributed by atoms with van der Waals surface area (Å²) in [6.07, 6.45) is 5.18. The summed E-state index contributed by atoms with van der Waals surface area (Å²) in [6.45, 7) is 4.31. The molecule has 0 saturated carbocycles. The number of aliphatic carboxylic acids is 2. The number of rotatable bonds is 34. The molecule has 9 atom stereocenters. The molecule has 30 heteroatoms. The Kier molecular flexibility index (Phi) is 24.7. The number of H-pyrrole nitrogens is 3. The molecule has 0 spiro atoms. The standard InChI is InChI=1S/C54H73N17O13/c1-4-28(2)45(52(82)70-42(53(83)84)21-33-25-59-27-63-33)71-51(81)40(19-31-23-61-36-9-6-5-8-35(31)36)69-47(77)37(10-7-17-60-54(56)57)65-48(78)38(15-16-44(74)75)66-49(79)39(18-30-11-13-34(72)14-12-30)68-50(80)41(20-32-24-58-26-62-32)67-46(76)29(3)64-43(73)22-55/h5-6,8-9,11-14,23-29,37-42,45,61,72H,4,7,10,15-22,55H2,1-3H3,(H,58,62)(H,59,63)(H,64,73)(H,65,78)(H,66,79)(H,67,76)(H,68,80)(H,69,77)(H,70,82)(H,71,81)(H,74,75)(H,83,84)(H4,56,57,60)/t28-,29-,37-,38-,39-,40-,41-,42-,45-/m0/s1. The minimum atomic E-state index is -1.73. The number of aliphatic imine (C=N–C) groups is 1. The van der Waals surface area contributed by atoms with Crippen LogP contribution in [0.15, 0.2) is 84.8 Å². The van der Waals surface area contributed by atoms with Gasteiger partial charge in [0.05, 0.1) is 19.2 Å². The van der Waals surface area contributed by atoms with Crippen LogP contribution in [0.2, 0.25) is 0 Å². The lowest BCUT2D eigenvalue weighted by Crippen LogP contribution is -2.61. The third-order valence-electron chi connectivity index (χ3n) is 13.6. The number of aromatic hydroxyl groups is 1. The summed E-state index contributed by atoms with van der Waals surface area (Å²) in [5, 5.41) is 51.2. The summed E-state index contributed by atoms with van der Waals surface area (Å²) in [4.78, 5) is 157. The van der Waals surface area contributed by atoms with Gasteiger partial charge < -0.3 is 90.0 Å². The Morgan fingerprint density at radius 2 is 1.13 bits per heavy atom. The zero-order valence-electron chi connectivity index (χ0n) is 46.5. The van der Waals surface area contributed by atoms with Crippen molar-refractivity contribution in [3.8, 4) is 5.75 Å². The Morgan fingerprint density at radius 1 is 0.607 bits per heavy atom. The number of carbonyl (C=O) groups is 10. The molecule has 452 valence electrons. The molecule has 0 saturated heterocycles. The normalized spacial score (nSPS) is 14.3. The number of aromatic nitrogens is 5. The van der Waals surface area contributed by atoms with Crippen LogP contribution in [0.4, 0.5) is 0 Å². The predicted octanol–water partition coefficient (Wildman–Crippen LogP) is -2.50. The summed E-state index contributed by atoms with van der Waals surface area (Å²) in [7, 11) is 0. The number of imidazole rings is 2. The maximum Gasteiger partial charge on any atom is 0.326 e. The van der Waals surface area contributed by atoms with Crippen molar-refractivity contribution in [2.24, 2.45) is 28.1 Å². The molecule has 0 unspecified atom stereocenters. The van der Waals surface area contributed by atoms with Crippen LogP contribution in [0.3, 0.4) is 0 Å². The van der Waals surface area contributed by atoms with E-state index >= 15 is 0 Å². The molecule has 5 aromatic rings. The number of phenolic OH excluding ortho intramolecular Hbond substituents is 1. The Bertz CT molecular complexity index is 3070. The number of nitrogens with one attached hydrogen (secondary N) is 11. The van der Waals surface area contributed by atoms with Gasteiger partial charge >= 0.3 is 11.9 Å². The lowest BCUT2D eigenvalue weighted by atomic mass is 9.96. The number of fused-ring (bicyclic) bond motifs is 1. The van der Waals surface area contributed by atoms with Crippen LogP contribution >= 0.6 is 0 Å². The average Bonchev–Trinajstić information content (AvgIpc) is 3.99. The van der Waals surface area contributed by atoms with E-state index in [1.165, 1.54) is 56.2 Å². The van der Waals surface area contributed by atoms with E-state index in [2.05, 4.69) is 72.4 Å². The number of para-hydroxylation sites is 1. The zero-order valence-corrected chi connectivity index (χ0v) is 46.5. The number of carboxylic acids is 2. The van der Waals surface area contributed by atoms with E-state index in [9.17, 15) is 63.3 Å². The van der Waals surface area contributed by atoms with E-state index < -0.39 is 133 Å². The fourth-order valence-electron chi connectivity index (χ4n) is 8.73. The van der Waals surface area contributed by atoms with Crippen molar-refractivity contribution in [2.45, 2.75) is 127 Å². The summed E-state index contributed by atoms with van der Waals surface area (Å²) < 4.78 is 0. The van der Waals surface area contributed by atoms with Crippen LogP contribution in [0.25, 0.3) is 10.9 Å². The molecule has 8 amide bonds. The lowest BCUT2D eigenvalue weighted by molar-refractivity contribution is -0.142. The van der Waals surface area contributed by atoms with Crippen molar-refractivity contribution >= 4 is 76.1 Å². The van der Waals surface area contributed by atoms with Crippen LogP contribution in [0.1, 0.15) is 75.4 Å². The molecule has 0 bridgehead atoms. The Balaban J connectivity index is 1.46. The molecule has 3 aromatic heterocycles. The van der Waals surface area contributed by atoms with Gasteiger partial charge in [0.1, 0.15) is 54.1 Å². The maximum absolute atomic E-state index is 14.8. The smallest absolute Gasteiger partial charge is 0.326 e. The van der Waals surface area contributed by atoms with Gasteiger partial charge in [0.15, 0.2) is 5.96 Å². The van der Waals surface area contributed by atoms with Gasteiger partial charge in [-0.2, -0.15) is 0 Å². The molecule has 30 nitrogen and oxygen atoms in total. The number of benzene rings is 2. The third-order valence-corrected chi connectivity index (χ3v) is 13.6. The van der Waals surface area contributed by atoms with E-state index in [0.29, 0.717) is 39.8 Å². The number of carbonyl (C=O) groups excluding carboxylic acids is 8. The number of carboxylic acid groups (broad SMARTS) is 2. The second-order valence-electron chi connectivity index (χ2n) is 19.9. The van der Waals surface area contributed by atoms with E-state index in [0.717, 1.165) is 0 Å². The Morgan fingerprint density at radius 3 is 1.69 bits per heavy atom. The molecule has 5 rings (SSSR count). The van der Waals surface area contributed by atoms with Crippen LogP contribution in [0.5, 0.6) is 5.75 Å². The Hall–Kier alpha value is -9.87. The topological polar surface area (TPSA) is 491 Å². The fourth-order valence-corrected chi connectivity index (χ4v) is 8.73. The van der Waals surface area contributed by atoms with Gasteiger partial charge in [-0.15, -0.1) is 0 Å². The number of guanidine groups is 1. The van der Waals surface area contributed by atoms with E-state index in [4.69, 9.17) is 17.2 Å². The number of nitrogens with two attached hydrogens (primary N) is 3. The maximum atomic E-state index is 14.8. The number of phenols is 1. The minimum Gasteiger partial charge on any atom is -0.508 e. The number of aromatic amines is 3. The zero-order chi connectivity index (χ0) is 61.5. The van der Waals surface area contributed by atoms with Crippen molar-refractivity contribution < 1.29 is 63.3 Å². The van der Waals surface area contributed by atoms with Crippen molar-refractivity contribution in [1.82, 2.24) is 67.5 Å². The molecular weight excluding hydrogens is 1090 g/mol. The molecule has 3 heterocycles. The van der Waals surface area contributed by atoms with E-state index in [1.54, 1.807) is 44.3 Å². The first-order valence-electron chi connectivity index (χ1n) is 26.9. The molecule has 84 heavy (non-hydrogen) atoms. The number of hydrogen-bond acceptors (Lipinski definition) is 15. The van der Waals surface area contributed by atoms with Gasteiger partial charge in [-0.1, -0.05) is 50.6 Å². The highest BCUT2D eigenvalue weighted by Crippen LogP contribution is 2.21. The average molecular weight is 1170 g/mol. The van der Waals surface area contributed by atoms with E-state index in [1.807, 2.05) is 0 Å². The fraction of sp³-hybridized carbons (Fsp3) is 0.426. The summed E-state index contributed by atoms with van der Waals surface area (Å²) in [5.41, 5.74) is 19.0. The van der Waals surface area contributed by atoms with Crippen LogP contribution in [-0.4, -0.2) is 167 Å². The van der Waals surface area contributed by atoms with Crippen molar-refractivity contribution in [3.05, 3.63) is 102 Å². The molecule has 2 aromatic carbocycles. The first kappa shape index (κ1) is 64.9. The predicted molar refractivity (Wildman–Crippen MR) is 302 cm³/mol. The van der Waals surface area contributed by atoms with Gasteiger partial charge in [0.2, 0.25) is 47.3 Å². The largest absolute Gasteiger partial charge is 0.508 e. The first-order valence-corrected chi connectivity index (χ1v) is 26.9. The number of amides is 8. The highest BCUT2D eigenvalue weighted by Gasteiger charge is 2.36. The second-order valence-corrected chi connectivity index (χ2v) is 19.9. The van der Waals surface area contributed by atoms with Crippen LogP contribution in [-0.2, 0) is 73.6 Å². The van der Waals surface area contributed by atoms with Gasteiger partial charge in [-0.3, -0.25) is 48.1 Å². The van der Waals surface area contributed by atoms with Crippen molar-refractivity contribution in [1.29, 1.82) is 0 Å². The van der Waals surface area contributed by atoms with E-state index in [-0.39, 0.29) is 56.8 Å². The molecular formula is C54H73N17O13. The second kappa shape index (κ2) is 31.9. The molecule has 0 radical (unpaired) electrons. The number of nitrogens with zero attached hydrogens (tertiary/aromatic N) is 3. The first-order chi connectivity index (χ1) is 40.0. The highest BCUT2D eigenvalue weighted by molar-refractivity contribution is 5.98. The number of hydrogen-bond donors (Lipinski definition) is 17. The molecule has 20 N–H and O–H groups in total. The summed E-state index contributed by atoms with van der Waals surface area (Å²) in [5.74, 6) is -10.8. The molecule has 0 aliphatic heterocycles. The van der Waals surface area contributed by atoms with Crippen molar-refractivity contribution in [2.75, 3.05) is 13.1 Å². The van der Waals surface area contributed by atoms with Gasteiger partial charge in [0, 0.05) is 79.5 Å². The molecule has 0 aliphatic rings. The van der Waals surface area contributed by atoms with Crippen LogP contribution < -0.4 is 59.7 Å². The minimum absolute atomic E-state index is 0.0381. The molecule has 0 fully saturated rings. The SMILES string of the molecule is CC[C@H](C)[C@H](NC(=O)[C@H](Cc1c[nH]c2ccccc12)NC(=O)[C@H](CCCN=C(N)N)NC(=O)[C@H](CCC(=O)O)NC(=O)[C@H](Cc1ccc(O)cc1)NC(=O)[C@H](Cc1cnc[nH]1)NC(=O)[C@H](C)NC(=O)CN)C(=O)N[C@@H](Cc1cnc[nH]1)C(=O)O. The van der Waals surface area contributed by atoms with Crippen LogP contribution in [0, 0.1) is 5.92 Å². The molecule has 0 aliphatic carbocycles. The third kappa shape index (κ3) is 20.3.